The number of aliphatic hydroxyl groups is 2. The highest BCUT2D eigenvalue weighted by atomic mass is 32.2. The van der Waals surface area contributed by atoms with Gasteiger partial charge in [-0.25, -0.2) is 14.6 Å². The van der Waals surface area contributed by atoms with Gasteiger partial charge < -0.3 is 34.1 Å². The maximum Gasteiger partial charge on any atom is 0.511 e. The van der Waals surface area contributed by atoms with Gasteiger partial charge in [0.2, 0.25) is 12.7 Å². The lowest BCUT2D eigenvalue weighted by Crippen LogP contribution is -2.63. The lowest BCUT2D eigenvalue weighted by molar-refractivity contribution is -0.167. The Morgan fingerprint density at radius 1 is 1.36 bits per heavy atom. The van der Waals surface area contributed by atoms with E-state index in [1.54, 1.807) is 23.9 Å². The summed E-state index contributed by atoms with van der Waals surface area (Å²) >= 11 is 2.61. The molecular formula is C23H28N2O9S2. The van der Waals surface area contributed by atoms with Crippen LogP contribution in [0.2, 0.25) is 0 Å². The Balaban J connectivity index is 1.43. The second kappa shape index (κ2) is 11.7. The number of hydrogen-bond donors (Lipinski definition) is 2. The SMILES string of the molecule is C[C@@H](O)[C@H]1C(=O)N2C(C(=O)OCOC(=O)OC3CCOCC3)=C(SC=Cc3scnc3CO)[C@H](C)[C@H]12. The van der Waals surface area contributed by atoms with Gasteiger partial charge >= 0.3 is 12.1 Å². The summed E-state index contributed by atoms with van der Waals surface area (Å²) in [6, 6.07) is -0.383. The first-order valence-electron chi connectivity index (χ1n) is 11.5. The van der Waals surface area contributed by atoms with Gasteiger partial charge in [0.15, 0.2) is 0 Å². The van der Waals surface area contributed by atoms with Crippen LogP contribution in [0, 0.1) is 11.8 Å². The molecule has 2 N–H and O–H groups in total. The van der Waals surface area contributed by atoms with Gasteiger partial charge in [-0.15, -0.1) is 11.3 Å². The van der Waals surface area contributed by atoms with E-state index in [9.17, 15) is 24.6 Å². The molecule has 4 heterocycles. The van der Waals surface area contributed by atoms with Crippen molar-refractivity contribution in [3.05, 3.63) is 32.1 Å². The average Bonchev–Trinajstić information content (AvgIpc) is 3.40. The molecule has 3 aliphatic rings. The molecule has 0 unspecified atom stereocenters. The molecule has 4 atom stereocenters. The highest BCUT2D eigenvalue weighted by Crippen LogP contribution is 2.51. The van der Waals surface area contributed by atoms with Crippen molar-refractivity contribution in [1.29, 1.82) is 0 Å². The van der Waals surface area contributed by atoms with Gasteiger partial charge in [-0.05, 0) is 18.4 Å². The quantitative estimate of drug-likeness (QED) is 0.270. The average molecular weight is 541 g/mol. The number of carbonyl (C=O) groups is 3. The van der Waals surface area contributed by atoms with Gasteiger partial charge in [0.25, 0.3) is 0 Å². The molecule has 13 heteroatoms. The first-order chi connectivity index (χ1) is 17.3. The number of rotatable bonds is 9. The van der Waals surface area contributed by atoms with E-state index in [1.807, 2.05) is 6.92 Å². The normalized spacial score (nSPS) is 25.1. The van der Waals surface area contributed by atoms with Gasteiger partial charge in [0, 0.05) is 23.7 Å². The van der Waals surface area contributed by atoms with Crippen LogP contribution >= 0.6 is 23.1 Å². The Morgan fingerprint density at radius 2 is 2.11 bits per heavy atom. The molecule has 1 amide bonds. The number of thioether (sulfide) groups is 1. The van der Waals surface area contributed by atoms with Crippen LogP contribution in [0.4, 0.5) is 4.79 Å². The molecule has 0 saturated carbocycles. The minimum atomic E-state index is -0.947. The maximum absolute atomic E-state index is 13.0. The summed E-state index contributed by atoms with van der Waals surface area (Å²) in [5.74, 6) is -2.04. The van der Waals surface area contributed by atoms with Crippen molar-refractivity contribution < 1.29 is 43.5 Å². The molecule has 2 fully saturated rings. The number of β-lactam (4-membered cyclic amide) rings is 1. The molecule has 2 saturated heterocycles. The summed E-state index contributed by atoms with van der Waals surface area (Å²) < 4.78 is 20.5. The van der Waals surface area contributed by atoms with Gasteiger partial charge in [-0.1, -0.05) is 18.7 Å². The van der Waals surface area contributed by atoms with Crippen LogP contribution in [0.3, 0.4) is 0 Å². The molecule has 11 nitrogen and oxygen atoms in total. The zero-order valence-corrected chi connectivity index (χ0v) is 21.5. The molecule has 3 aliphatic heterocycles. The fraction of sp³-hybridized carbons (Fsp3) is 0.565. The molecule has 0 aliphatic carbocycles. The molecule has 4 rings (SSSR count). The maximum atomic E-state index is 13.0. The van der Waals surface area contributed by atoms with Crippen molar-refractivity contribution in [3.8, 4) is 0 Å². The fourth-order valence-corrected chi connectivity index (χ4v) is 6.31. The van der Waals surface area contributed by atoms with Crippen LogP contribution in [-0.2, 0) is 35.1 Å². The lowest BCUT2D eigenvalue weighted by Gasteiger charge is -2.46. The van der Waals surface area contributed by atoms with Crippen molar-refractivity contribution in [1.82, 2.24) is 9.88 Å². The number of nitrogens with zero attached hydrogens (tertiary/aromatic N) is 2. The third kappa shape index (κ3) is 5.44. The molecule has 196 valence electrons. The molecule has 36 heavy (non-hydrogen) atoms. The Kier molecular flexibility index (Phi) is 8.67. The molecule has 0 aromatic carbocycles. The van der Waals surface area contributed by atoms with E-state index in [0.717, 1.165) is 4.88 Å². The summed E-state index contributed by atoms with van der Waals surface area (Å²) in [6.45, 7) is 3.56. The third-order valence-corrected chi connectivity index (χ3v) is 8.26. The molecule has 1 aromatic heterocycles. The number of ether oxygens (including phenoxy) is 4. The van der Waals surface area contributed by atoms with Crippen LogP contribution in [0.1, 0.15) is 37.3 Å². The molecule has 0 radical (unpaired) electrons. The van der Waals surface area contributed by atoms with Crippen LogP contribution in [0.15, 0.2) is 21.5 Å². The van der Waals surface area contributed by atoms with Crippen molar-refractivity contribution in [2.24, 2.45) is 11.8 Å². The van der Waals surface area contributed by atoms with Crippen LogP contribution in [-0.4, -0.2) is 76.4 Å². The van der Waals surface area contributed by atoms with Gasteiger partial charge in [0.05, 0.1) is 54.0 Å². The van der Waals surface area contributed by atoms with E-state index in [2.05, 4.69) is 4.98 Å². The molecule has 0 spiro atoms. The Bertz CT molecular complexity index is 1050. The number of aliphatic hydroxyl groups excluding tert-OH is 2. The second-order valence-electron chi connectivity index (χ2n) is 8.58. The summed E-state index contributed by atoms with van der Waals surface area (Å²) in [5.41, 5.74) is 2.24. The molecule has 0 bridgehead atoms. The Morgan fingerprint density at radius 3 is 2.81 bits per heavy atom. The standard InChI is InChI=1S/C23H28N2O9S2/c1-12-18-17(13(2)27)21(28)25(18)19(20(12)35-8-5-16-15(9-26)24-10-36-16)22(29)32-11-33-23(30)34-14-3-6-31-7-4-14/h5,8,10,12-14,17-18,26-27H,3-4,6-7,9,11H2,1-2H3/t12-,13-,17-,18-/m1/s1. The van der Waals surface area contributed by atoms with Gasteiger partial charge in [-0.3, -0.25) is 4.79 Å². The summed E-state index contributed by atoms with van der Waals surface area (Å²) in [6.07, 6.45) is 0.783. The topological polar surface area (TPSA) is 145 Å². The monoisotopic (exact) mass is 540 g/mol. The number of thiazole rings is 1. The first-order valence-corrected chi connectivity index (χ1v) is 13.3. The third-order valence-electron chi connectivity index (χ3n) is 6.34. The second-order valence-corrected chi connectivity index (χ2v) is 10.4. The highest BCUT2D eigenvalue weighted by Gasteiger charge is 2.60. The van der Waals surface area contributed by atoms with E-state index in [4.69, 9.17) is 18.9 Å². The van der Waals surface area contributed by atoms with Crippen LogP contribution in [0.25, 0.3) is 6.08 Å². The number of fused-ring (bicyclic) bond motifs is 1. The smallest absolute Gasteiger partial charge is 0.431 e. The van der Waals surface area contributed by atoms with E-state index in [1.165, 1.54) is 28.0 Å². The zero-order chi connectivity index (χ0) is 25.8. The van der Waals surface area contributed by atoms with Crippen molar-refractivity contribution in [3.63, 3.8) is 0 Å². The minimum Gasteiger partial charge on any atom is -0.431 e. The van der Waals surface area contributed by atoms with Crippen molar-refractivity contribution in [2.75, 3.05) is 20.0 Å². The van der Waals surface area contributed by atoms with E-state index < -0.39 is 30.9 Å². The van der Waals surface area contributed by atoms with Gasteiger partial charge in [-0.2, -0.15) is 0 Å². The van der Waals surface area contributed by atoms with Gasteiger partial charge in [0.1, 0.15) is 11.8 Å². The van der Waals surface area contributed by atoms with Crippen LogP contribution in [0.5, 0.6) is 0 Å². The number of aromatic nitrogens is 1. The minimum absolute atomic E-state index is 0.0668. The van der Waals surface area contributed by atoms with Crippen molar-refractivity contribution in [2.45, 2.75) is 51.5 Å². The number of carbonyl (C=O) groups excluding carboxylic acids is 3. The zero-order valence-electron chi connectivity index (χ0n) is 19.8. The predicted molar refractivity (Wildman–Crippen MR) is 129 cm³/mol. The van der Waals surface area contributed by atoms with E-state index in [0.29, 0.717) is 36.7 Å². The van der Waals surface area contributed by atoms with E-state index >= 15 is 0 Å². The number of esters is 1. The summed E-state index contributed by atoms with van der Waals surface area (Å²) in [4.78, 5) is 44.5. The fourth-order valence-electron chi connectivity index (χ4n) is 4.53. The summed E-state index contributed by atoms with van der Waals surface area (Å²) in [5, 5.41) is 21.2. The Hall–Kier alpha value is -2.45. The molecular weight excluding hydrogens is 512 g/mol. The lowest BCUT2D eigenvalue weighted by atomic mass is 9.79. The van der Waals surface area contributed by atoms with Crippen molar-refractivity contribution >= 4 is 47.2 Å². The first kappa shape index (κ1) is 26.6. The molecule has 1 aromatic rings. The number of hydrogen-bond acceptors (Lipinski definition) is 12. The summed E-state index contributed by atoms with van der Waals surface area (Å²) in [7, 11) is 0. The highest BCUT2D eigenvalue weighted by molar-refractivity contribution is 8.06. The van der Waals surface area contributed by atoms with Crippen LogP contribution < -0.4 is 0 Å². The largest absolute Gasteiger partial charge is 0.511 e. The van der Waals surface area contributed by atoms with E-state index in [-0.39, 0.29) is 36.3 Å². The Labute approximate surface area is 216 Å². The number of amides is 1. The predicted octanol–water partition coefficient (Wildman–Crippen LogP) is 2.24.